The van der Waals surface area contributed by atoms with Crippen LogP contribution in [0.5, 0.6) is 0 Å². The van der Waals surface area contributed by atoms with E-state index in [2.05, 4.69) is 21.9 Å². The fraction of sp³-hybridized carbons (Fsp3) is 0.462. The summed E-state index contributed by atoms with van der Waals surface area (Å²) < 4.78 is 27.3. The van der Waals surface area contributed by atoms with Crippen molar-refractivity contribution in [3.05, 3.63) is 32.9 Å². The van der Waals surface area contributed by atoms with Crippen LogP contribution >= 0.6 is 22.7 Å². The molecule has 2 aromatic heterocycles. The molecule has 8 heteroatoms. The lowest BCUT2D eigenvalue weighted by molar-refractivity contribution is 0.566. The van der Waals surface area contributed by atoms with Crippen LogP contribution in [0, 0.1) is 0 Å². The predicted molar refractivity (Wildman–Crippen MR) is 87.2 cm³/mol. The van der Waals surface area contributed by atoms with Gasteiger partial charge in [0.25, 0.3) is 0 Å². The van der Waals surface area contributed by atoms with Crippen LogP contribution in [0.2, 0.25) is 0 Å². The molecule has 2 heterocycles. The van der Waals surface area contributed by atoms with E-state index in [9.17, 15) is 8.42 Å². The van der Waals surface area contributed by atoms with Crippen molar-refractivity contribution in [3.63, 3.8) is 0 Å². The molecule has 21 heavy (non-hydrogen) atoms. The van der Waals surface area contributed by atoms with Gasteiger partial charge in [0.1, 0.15) is 5.01 Å². The lowest BCUT2D eigenvalue weighted by Gasteiger charge is -2.10. The number of nitrogens with one attached hydrogen (secondary N) is 2. The molecule has 0 radical (unpaired) electrons. The Morgan fingerprint density at radius 2 is 2.19 bits per heavy atom. The van der Waals surface area contributed by atoms with Crippen molar-refractivity contribution in [2.75, 3.05) is 6.54 Å². The van der Waals surface area contributed by atoms with E-state index in [1.54, 1.807) is 24.6 Å². The highest BCUT2D eigenvalue weighted by molar-refractivity contribution is 7.89. The Bertz CT molecular complexity index is 650. The van der Waals surface area contributed by atoms with Gasteiger partial charge in [0.05, 0.1) is 10.9 Å². The van der Waals surface area contributed by atoms with Gasteiger partial charge in [-0.15, -0.1) is 22.7 Å². The van der Waals surface area contributed by atoms with Gasteiger partial charge in [-0.25, -0.2) is 18.1 Å². The third-order valence-electron chi connectivity index (χ3n) is 2.82. The van der Waals surface area contributed by atoms with Gasteiger partial charge in [-0.05, 0) is 26.0 Å². The number of hydrogen-bond donors (Lipinski definition) is 2. The molecular formula is C13H19N3O2S3. The molecule has 0 saturated carbocycles. The van der Waals surface area contributed by atoms with Gasteiger partial charge in [-0.3, -0.25) is 0 Å². The van der Waals surface area contributed by atoms with Crippen molar-refractivity contribution in [1.82, 2.24) is 15.0 Å². The lowest BCUT2D eigenvalue weighted by Crippen LogP contribution is -2.26. The zero-order chi connectivity index (χ0) is 15.3. The van der Waals surface area contributed by atoms with Gasteiger partial charge < -0.3 is 5.32 Å². The van der Waals surface area contributed by atoms with Crippen molar-refractivity contribution in [2.45, 2.75) is 37.8 Å². The molecule has 0 aliphatic carbocycles. The first kappa shape index (κ1) is 16.6. The van der Waals surface area contributed by atoms with E-state index in [1.165, 1.54) is 22.7 Å². The Morgan fingerprint density at radius 1 is 1.38 bits per heavy atom. The second kappa shape index (κ2) is 7.46. The third-order valence-corrected chi connectivity index (χ3v) is 6.38. The Balaban J connectivity index is 2.02. The molecular weight excluding hydrogens is 326 g/mol. The van der Waals surface area contributed by atoms with Crippen LogP contribution in [0.3, 0.4) is 0 Å². The van der Waals surface area contributed by atoms with E-state index < -0.39 is 10.0 Å². The molecule has 2 rings (SSSR count). The quantitative estimate of drug-likeness (QED) is 0.722. The third kappa shape index (κ3) is 4.58. The second-order valence-electron chi connectivity index (χ2n) is 4.64. The first-order chi connectivity index (χ1) is 10.0. The number of thiazole rings is 1. The summed E-state index contributed by atoms with van der Waals surface area (Å²) in [6.07, 6.45) is 2.73. The average Bonchev–Trinajstić information content (AvgIpc) is 3.10. The Hall–Kier alpha value is -0.800. The van der Waals surface area contributed by atoms with Crippen molar-refractivity contribution in [1.29, 1.82) is 0 Å². The molecule has 0 aliphatic heterocycles. The van der Waals surface area contributed by atoms with Crippen LogP contribution < -0.4 is 10.0 Å². The number of nitrogens with zero attached hydrogens (tertiary/aromatic N) is 1. The molecule has 1 unspecified atom stereocenters. The number of hydrogen-bond acceptors (Lipinski definition) is 6. The maximum atomic E-state index is 12.3. The van der Waals surface area contributed by atoms with E-state index in [0.717, 1.165) is 22.9 Å². The molecule has 0 bridgehead atoms. The molecule has 0 fully saturated rings. The van der Waals surface area contributed by atoms with Crippen LogP contribution in [0.4, 0.5) is 0 Å². The number of rotatable bonds is 8. The summed E-state index contributed by atoms with van der Waals surface area (Å²) >= 11 is 2.90. The van der Waals surface area contributed by atoms with Crippen LogP contribution in [0.25, 0.3) is 0 Å². The monoisotopic (exact) mass is 345 g/mol. The second-order valence-corrected chi connectivity index (χ2v) is 8.27. The van der Waals surface area contributed by atoms with Crippen molar-refractivity contribution < 1.29 is 8.42 Å². The van der Waals surface area contributed by atoms with E-state index >= 15 is 0 Å². The van der Waals surface area contributed by atoms with Crippen LogP contribution in [-0.4, -0.2) is 19.9 Å². The van der Waals surface area contributed by atoms with Crippen LogP contribution in [-0.2, 0) is 16.6 Å². The predicted octanol–water partition coefficient (Wildman–Crippen LogP) is 2.74. The molecule has 0 aliphatic rings. The number of thiophene rings is 1. The summed E-state index contributed by atoms with van der Waals surface area (Å²) in [5.41, 5.74) is 0. The minimum Gasteiger partial charge on any atom is -0.312 e. The summed E-state index contributed by atoms with van der Waals surface area (Å²) in [7, 11) is -3.50. The zero-order valence-electron chi connectivity index (χ0n) is 12.0. The smallest absolute Gasteiger partial charge is 0.242 e. The normalized spacial score (nSPS) is 13.4. The fourth-order valence-electron chi connectivity index (χ4n) is 1.78. The Morgan fingerprint density at radius 3 is 2.86 bits per heavy atom. The highest BCUT2D eigenvalue weighted by Crippen LogP contribution is 2.22. The molecule has 0 saturated heterocycles. The van der Waals surface area contributed by atoms with Crippen LogP contribution in [0.1, 0.15) is 36.2 Å². The molecule has 0 aromatic carbocycles. The van der Waals surface area contributed by atoms with E-state index in [4.69, 9.17) is 0 Å². The number of aromatic nitrogens is 1. The molecule has 2 aromatic rings. The van der Waals surface area contributed by atoms with Crippen molar-refractivity contribution in [3.8, 4) is 0 Å². The summed E-state index contributed by atoms with van der Waals surface area (Å²) in [6.45, 7) is 5.53. The minimum atomic E-state index is -3.50. The van der Waals surface area contributed by atoms with Gasteiger partial charge in [-0.2, -0.15) is 0 Å². The van der Waals surface area contributed by atoms with E-state index in [0.29, 0.717) is 11.4 Å². The van der Waals surface area contributed by atoms with Gasteiger partial charge in [0.2, 0.25) is 10.0 Å². The van der Waals surface area contributed by atoms with Gasteiger partial charge >= 0.3 is 0 Å². The first-order valence-electron chi connectivity index (χ1n) is 6.72. The minimum absolute atomic E-state index is 0.323. The average molecular weight is 346 g/mol. The van der Waals surface area contributed by atoms with Crippen molar-refractivity contribution in [2.24, 2.45) is 0 Å². The zero-order valence-corrected chi connectivity index (χ0v) is 14.4. The fourth-order valence-corrected chi connectivity index (χ4v) is 4.95. The Labute approximate surface area is 133 Å². The molecule has 1 atom stereocenters. The topological polar surface area (TPSA) is 71.1 Å². The molecule has 5 nitrogen and oxygen atoms in total. The Kier molecular flexibility index (Phi) is 5.88. The van der Waals surface area contributed by atoms with E-state index in [-0.39, 0.29) is 6.04 Å². The number of sulfonamides is 1. The summed E-state index contributed by atoms with van der Waals surface area (Å²) in [6, 6.07) is 1.40. The van der Waals surface area contributed by atoms with Crippen LogP contribution in [0.15, 0.2) is 27.9 Å². The maximum Gasteiger partial charge on any atom is 0.242 e. The summed E-state index contributed by atoms with van der Waals surface area (Å²) in [4.78, 5) is 5.48. The molecule has 116 valence electrons. The first-order valence-corrected chi connectivity index (χ1v) is 9.97. The highest BCUT2D eigenvalue weighted by Gasteiger charge is 2.21. The lowest BCUT2D eigenvalue weighted by atomic mass is 10.4. The molecule has 0 spiro atoms. The largest absolute Gasteiger partial charge is 0.312 e. The SMILES string of the molecule is CCCNCc1cc(S(=O)(=O)NC(C)c2nccs2)cs1. The summed E-state index contributed by atoms with van der Waals surface area (Å²) in [5.74, 6) is 0. The maximum absolute atomic E-state index is 12.3. The van der Waals surface area contributed by atoms with Gasteiger partial charge in [0, 0.05) is 28.4 Å². The van der Waals surface area contributed by atoms with Gasteiger partial charge in [-0.1, -0.05) is 6.92 Å². The molecule has 0 amide bonds. The van der Waals surface area contributed by atoms with Crippen molar-refractivity contribution >= 4 is 32.7 Å². The van der Waals surface area contributed by atoms with Gasteiger partial charge in [0.15, 0.2) is 0 Å². The van der Waals surface area contributed by atoms with E-state index in [1.807, 2.05) is 5.38 Å². The summed E-state index contributed by atoms with van der Waals surface area (Å²) in [5, 5.41) is 7.54. The molecule has 2 N–H and O–H groups in total. The highest BCUT2D eigenvalue weighted by atomic mass is 32.2. The standard InChI is InChI=1S/C13H19N3O2S3/c1-3-4-14-8-11-7-12(9-20-11)21(17,18)16-10(2)13-15-5-6-19-13/h5-7,9-10,14,16H,3-4,8H2,1-2H3.